The Balaban J connectivity index is 3.89. The number of nitrogens with one attached hydrogen (secondary N) is 2. The van der Waals surface area contributed by atoms with E-state index in [1.165, 1.54) is 25.7 Å². The zero-order valence-electron chi connectivity index (χ0n) is 15.4. The Morgan fingerprint density at radius 3 is 1.60 bits per heavy atom. The largest absolute Gasteiger partial charge is 0.312 e. The molecule has 0 heterocycles. The molecular weight excluding hydrogens is 244 g/mol. The van der Waals surface area contributed by atoms with Crippen molar-refractivity contribution in [3.63, 3.8) is 0 Å². The summed E-state index contributed by atoms with van der Waals surface area (Å²) in [7, 11) is 0. The average molecular weight is 285 g/mol. The van der Waals surface area contributed by atoms with Crippen LogP contribution in [0.4, 0.5) is 0 Å². The lowest BCUT2D eigenvalue weighted by molar-refractivity contribution is 0.293. The van der Waals surface area contributed by atoms with Crippen LogP contribution in [0.25, 0.3) is 0 Å². The summed E-state index contributed by atoms with van der Waals surface area (Å²) in [6.07, 6.45) is 4.99. The highest BCUT2D eigenvalue weighted by Gasteiger charge is 2.20. The Labute approximate surface area is 128 Å². The summed E-state index contributed by atoms with van der Waals surface area (Å²) in [5, 5.41) is 7.42. The van der Waals surface area contributed by atoms with Crippen molar-refractivity contribution in [2.45, 2.75) is 92.2 Å². The first-order valence-corrected chi connectivity index (χ1v) is 8.54. The molecule has 0 aliphatic rings. The first-order chi connectivity index (χ1) is 9.04. The molecule has 0 aromatic rings. The predicted octanol–water partition coefficient (Wildman–Crippen LogP) is 4.60. The van der Waals surface area contributed by atoms with Crippen molar-refractivity contribution in [3.8, 4) is 0 Å². The number of hydrogen-bond acceptors (Lipinski definition) is 2. The maximum absolute atomic E-state index is 3.73. The van der Waals surface area contributed by atoms with Gasteiger partial charge in [0, 0.05) is 11.1 Å². The Bertz CT molecular complexity index is 242. The van der Waals surface area contributed by atoms with E-state index < -0.39 is 0 Å². The van der Waals surface area contributed by atoms with Crippen LogP contribution >= 0.6 is 0 Å². The fraction of sp³-hybridized carbons (Fsp3) is 1.00. The van der Waals surface area contributed by atoms with Crippen molar-refractivity contribution in [1.82, 2.24) is 10.6 Å². The minimum Gasteiger partial charge on any atom is -0.312 e. The SMILES string of the molecule is CC(C)CCNC(C)(C)CCNC(C)(C)CCC(C)C. The third kappa shape index (κ3) is 11.7. The zero-order valence-corrected chi connectivity index (χ0v) is 15.4. The van der Waals surface area contributed by atoms with Gasteiger partial charge in [0.25, 0.3) is 0 Å². The zero-order chi connectivity index (χ0) is 15.8. The van der Waals surface area contributed by atoms with Gasteiger partial charge in [-0.15, -0.1) is 0 Å². The van der Waals surface area contributed by atoms with Gasteiger partial charge in [0.2, 0.25) is 0 Å². The molecule has 0 rings (SSSR count). The van der Waals surface area contributed by atoms with E-state index in [0.717, 1.165) is 24.9 Å². The van der Waals surface area contributed by atoms with Crippen LogP contribution in [0.2, 0.25) is 0 Å². The molecule has 0 saturated heterocycles. The number of rotatable bonds is 11. The molecule has 0 saturated carbocycles. The van der Waals surface area contributed by atoms with E-state index in [0.29, 0.717) is 0 Å². The summed E-state index contributed by atoms with van der Waals surface area (Å²) in [6.45, 7) is 20.7. The van der Waals surface area contributed by atoms with E-state index in [9.17, 15) is 0 Å². The summed E-state index contributed by atoms with van der Waals surface area (Å²) in [5.41, 5.74) is 0.494. The van der Waals surface area contributed by atoms with Crippen molar-refractivity contribution < 1.29 is 0 Å². The Morgan fingerprint density at radius 2 is 1.10 bits per heavy atom. The lowest BCUT2D eigenvalue weighted by Gasteiger charge is -2.31. The van der Waals surface area contributed by atoms with Crippen LogP contribution in [0.15, 0.2) is 0 Å². The maximum Gasteiger partial charge on any atom is 0.0137 e. The Kier molecular flexibility index (Phi) is 9.01. The van der Waals surface area contributed by atoms with Crippen LogP contribution in [0.1, 0.15) is 81.1 Å². The van der Waals surface area contributed by atoms with Crippen LogP contribution in [0, 0.1) is 11.8 Å². The van der Waals surface area contributed by atoms with Gasteiger partial charge in [0.15, 0.2) is 0 Å². The summed E-state index contributed by atoms with van der Waals surface area (Å²) in [4.78, 5) is 0. The highest BCUT2D eigenvalue weighted by Crippen LogP contribution is 2.16. The molecular formula is C18H40N2. The Hall–Kier alpha value is -0.0800. The predicted molar refractivity (Wildman–Crippen MR) is 92.3 cm³/mol. The summed E-state index contributed by atoms with van der Waals surface area (Å²) in [6, 6.07) is 0. The fourth-order valence-corrected chi connectivity index (χ4v) is 2.24. The third-order valence-corrected chi connectivity index (χ3v) is 4.03. The molecule has 20 heavy (non-hydrogen) atoms. The standard InChI is InChI=1S/C18H40N2/c1-15(2)9-11-17(5,6)20-14-12-18(7,8)19-13-10-16(3)4/h15-16,19-20H,9-14H2,1-8H3. The lowest BCUT2D eigenvalue weighted by Crippen LogP contribution is -2.46. The minimum absolute atomic E-state index is 0.232. The first-order valence-electron chi connectivity index (χ1n) is 8.54. The molecule has 2 nitrogen and oxygen atoms in total. The van der Waals surface area contributed by atoms with Gasteiger partial charge in [-0.05, 0) is 78.3 Å². The molecule has 2 N–H and O–H groups in total. The van der Waals surface area contributed by atoms with Gasteiger partial charge in [-0.25, -0.2) is 0 Å². The molecule has 0 aliphatic carbocycles. The molecule has 0 fully saturated rings. The quantitative estimate of drug-likeness (QED) is 0.579. The first kappa shape index (κ1) is 19.9. The molecule has 2 heteroatoms. The van der Waals surface area contributed by atoms with Crippen molar-refractivity contribution in [3.05, 3.63) is 0 Å². The van der Waals surface area contributed by atoms with Gasteiger partial charge in [-0.3, -0.25) is 0 Å². The van der Waals surface area contributed by atoms with Crippen LogP contribution in [0.3, 0.4) is 0 Å². The van der Waals surface area contributed by atoms with Crippen molar-refractivity contribution >= 4 is 0 Å². The summed E-state index contributed by atoms with van der Waals surface area (Å²) < 4.78 is 0. The van der Waals surface area contributed by atoms with E-state index in [2.05, 4.69) is 66.0 Å². The Morgan fingerprint density at radius 1 is 0.650 bits per heavy atom. The van der Waals surface area contributed by atoms with Crippen LogP contribution in [-0.4, -0.2) is 24.2 Å². The molecule has 0 bridgehead atoms. The van der Waals surface area contributed by atoms with Gasteiger partial charge in [-0.1, -0.05) is 27.7 Å². The highest BCUT2D eigenvalue weighted by atomic mass is 15.0. The van der Waals surface area contributed by atoms with Gasteiger partial charge in [0.1, 0.15) is 0 Å². The molecule has 122 valence electrons. The van der Waals surface area contributed by atoms with Crippen LogP contribution in [-0.2, 0) is 0 Å². The second kappa shape index (κ2) is 9.04. The van der Waals surface area contributed by atoms with Crippen molar-refractivity contribution in [2.75, 3.05) is 13.1 Å². The molecule has 0 atom stereocenters. The molecule has 0 unspecified atom stereocenters. The minimum atomic E-state index is 0.232. The van der Waals surface area contributed by atoms with E-state index in [-0.39, 0.29) is 11.1 Å². The van der Waals surface area contributed by atoms with Crippen molar-refractivity contribution in [1.29, 1.82) is 0 Å². The molecule has 0 aromatic heterocycles. The average Bonchev–Trinajstić information content (AvgIpc) is 2.25. The molecule has 0 amide bonds. The highest BCUT2D eigenvalue weighted by molar-refractivity contribution is 4.83. The van der Waals surface area contributed by atoms with Crippen LogP contribution < -0.4 is 10.6 Å². The van der Waals surface area contributed by atoms with Gasteiger partial charge < -0.3 is 10.6 Å². The molecule has 0 radical (unpaired) electrons. The fourth-order valence-electron chi connectivity index (χ4n) is 2.24. The molecule has 0 spiro atoms. The smallest absolute Gasteiger partial charge is 0.0137 e. The topological polar surface area (TPSA) is 24.1 Å². The van der Waals surface area contributed by atoms with E-state index in [1.807, 2.05) is 0 Å². The monoisotopic (exact) mass is 284 g/mol. The van der Waals surface area contributed by atoms with Crippen molar-refractivity contribution in [2.24, 2.45) is 11.8 Å². The van der Waals surface area contributed by atoms with E-state index >= 15 is 0 Å². The maximum atomic E-state index is 3.73. The third-order valence-electron chi connectivity index (χ3n) is 4.03. The molecule has 0 aliphatic heterocycles. The van der Waals surface area contributed by atoms with Gasteiger partial charge in [0.05, 0.1) is 0 Å². The second-order valence-corrected chi connectivity index (χ2v) is 8.49. The van der Waals surface area contributed by atoms with Gasteiger partial charge >= 0.3 is 0 Å². The second-order valence-electron chi connectivity index (χ2n) is 8.49. The summed E-state index contributed by atoms with van der Waals surface area (Å²) in [5.74, 6) is 1.58. The van der Waals surface area contributed by atoms with E-state index in [1.54, 1.807) is 0 Å². The number of hydrogen-bond donors (Lipinski definition) is 2. The lowest BCUT2D eigenvalue weighted by atomic mass is 9.93. The molecule has 0 aromatic carbocycles. The van der Waals surface area contributed by atoms with Crippen LogP contribution in [0.5, 0.6) is 0 Å². The van der Waals surface area contributed by atoms with Gasteiger partial charge in [-0.2, -0.15) is 0 Å². The van der Waals surface area contributed by atoms with E-state index in [4.69, 9.17) is 0 Å². The summed E-state index contributed by atoms with van der Waals surface area (Å²) >= 11 is 0. The normalized spacial score (nSPS) is 13.5.